The summed E-state index contributed by atoms with van der Waals surface area (Å²) in [6.07, 6.45) is 8.33. The van der Waals surface area contributed by atoms with E-state index in [1.807, 2.05) is 0 Å². The van der Waals surface area contributed by atoms with E-state index >= 15 is 0 Å². The van der Waals surface area contributed by atoms with Gasteiger partial charge in [0.15, 0.2) is 0 Å². The number of rotatable bonds is 4. The van der Waals surface area contributed by atoms with Crippen LogP contribution in [0.25, 0.3) is 0 Å². The van der Waals surface area contributed by atoms with Crippen LogP contribution in [0.2, 0.25) is 0 Å². The standard InChI is InChI=1S/C16H31N3/c1-15(7-8-15)16(2,13-17)19-11-6-14(12-19)18-9-4-3-5-10-18/h14H,3-13,17H2,1-2H3. The maximum absolute atomic E-state index is 6.18. The molecule has 19 heavy (non-hydrogen) atoms. The molecule has 2 saturated heterocycles. The highest BCUT2D eigenvalue weighted by atomic mass is 15.3. The van der Waals surface area contributed by atoms with Crippen LogP contribution in [0.3, 0.4) is 0 Å². The summed E-state index contributed by atoms with van der Waals surface area (Å²) in [6, 6.07) is 0.800. The van der Waals surface area contributed by atoms with Crippen molar-refractivity contribution in [2.75, 3.05) is 32.7 Å². The van der Waals surface area contributed by atoms with Gasteiger partial charge in [-0.15, -0.1) is 0 Å². The molecule has 0 aromatic rings. The monoisotopic (exact) mass is 265 g/mol. The summed E-state index contributed by atoms with van der Waals surface area (Å²) < 4.78 is 0. The van der Waals surface area contributed by atoms with Crippen molar-refractivity contribution in [3.05, 3.63) is 0 Å². The van der Waals surface area contributed by atoms with Crippen LogP contribution in [-0.2, 0) is 0 Å². The lowest BCUT2D eigenvalue weighted by atomic mass is 9.82. The Morgan fingerprint density at radius 1 is 1.16 bits per heavy atom. The number of hydrogen-bond donors (Lipinski definition) is 1. The molecule has 2 N–H and O–H groups in total. The zero-order chi connectivity index (χ0) is 13.5. The quantitative estimate of drug-likeness (QED) is 0.844. The Labute approximate surface area is 118 Å². The Bertz CT molecular complexity index is 320. The fourth-order valence-electron chi connectivity index (χ4n) is 4.25. The van der Waals surface area contributed by atoms with Gasteiger partial charge < -0.3 is 5.73 Å². The van der Waals surface area contributed by atoms with Crippen LogP contribution in [0.1, 0.15) is 52.4 Å². The Balaban J connectivity index is 1.64. The van der Waals surface area contributed by atoms with Crippen molar-refractivity contribution in [3.8, 4) is 0 Å². The van der Waals surface area contributed by atoms with E-state index in [0.717, 1.165) is 12.6 Å². The molecule has 0 aromatic heterocycles. The molecular formula is C16H31N3. The van der Waals surface area contributed by atoms with Gasteiger partial charge in [0.05, 0.1) is 0 Å². The molecule has 3 rings (SSSR count). The first-order valence-electron chi connectivity index (χ1n) is 8.28. The van der Waals surface area contributed by atoms with Crippen LogP contribution in [0, 0.1) is 5.41 Å². The predicted molar refractivity (Wildman–Crippen MR) is 80.2 cm³/mol. The van der Waals surface area contributed by atoms with Gasteiger partial charge in [0, 0.05) is 31.2 Å². The normalized spacial score (nSPS) is 35.2. The highest BCUT2D eigenvalue weighted by Crippen LogP contribution is 2.56. The first-order chi connectivity index (χ1) is 9.09. The minimum atomic E-state index is 0.234. The Kier molecular flexibility index (Phi) is 3.65. The molecule has 0 aromatic carbocycles. The number of hydrogen-bond acceptors (Lipinski definition) is 3. The zero-order valence-electron chi connectivity index (χ0n) is 12.8. The SMILES string of the molecule is CC1(C(C)(CN)N2CCC(N3CCCCC3)C2)CC1. The molecule has 2 unspecified atom stereocenters. The van der Waals surface area contributed by atoms with Crippen LogP contribution < -0.4 is 5.73 Å². The Morgan fingerprint density at radius 2 is 1.84 bits per heavy atom. The molecule has 0 amide bonds. The molecule has 1 aliphatic carbocycles. The van der Waals surface area contributed by atoms with E-state index in [2.05, 4.69) is 23.6 Å². The lowest BCUT2D eigenvalue weighted by Crippen LogP contribution is -2.57. The topological polar surface area (TPSA) is 32.5 Å². The van der Waals surface area contributed by atoms with Crippen LogP contribution in [0.5, 0.6) is 0 Å². The largest absolute Gasteiger partial charge is 0.329 e. The first kappa shape index (κ1) is 13.8. The summed E-state index contributed by atoms with van der Waals surface area (Å²) in [6.45, 7) is 10.8. The van der Waals surface area contributed by atoms with Gasteiger partial charge in [-0.3, -0.25) is 9.80 Å². The lowest BCUT2D eigenvalue weighted by Gasteiger charge is -2.44. The molecule has 3 fully saturated rings. The summed E-state index contributed by atoms with van der Waals surface area (Å²) >= 11 is 0. The fourth-order valence-corrected chi connectivity index (χ4v) is 4.25. The van der Waals surface area contributed by atoms with E-state index in [4.69, 9.17) is 5.73 Å². The molecule has 2 aliphatic heterocycles. The van der Waals surface area contributed by atoms with Gasteiger partial charge in [-0.1, -0.05) is 13.3 Å². The second-order valence-electron chi connectivity index (χ2n) is 7.52. The maximum Gasteiger partial charge on any atom is 0.0357 e. The Morgan fingerprint density at radius 3 is 2.42 bits per heavy atom. The second-order valence-corrected chi connectivity index (χ2v) is 7.52. The van der Waals surface area contributed by atoms with Crippen molar-refractivity contribution in [1.29, 1.82) is 0 Å². The van der Waals surface area contributed by atoms with Crippen LogP contribution in [-0.4, -0.2) is 54.1 Å². The minimum Gasteiger partial charge on any atom is -0.329 e. The fraction of sp³-hybridized carbons (Fsp3) is 1.00. The lowest BCUT2D eigenvalue weighted by molar-refractivity contribution is 0.0589. The average molecular weight is 265 g/mol. The van der Waals surface area contributed by atoms with Crippen LogP contribution >= 0.6 is 0 Å². The van der Waals surface area contributed by atoms with Gasteiger partial charge in [0.25, 0.3) is 0 Å². The van der Waals surface area contributed by atoms with E-state index in [1.165, 1.54) is 64.7 Å². The molecule has 3 nitrogen and oxygen atoms in total. The number of nitrogens with two attached hydrogens (primary N) is 1. The van der Waals surface area contributed by atoms with Crippen molar-refractivity contribution in [2.24, 2.45) is 11.1 Å². The number of nitrogens with zero attached hydrogens (tertiary/aromatic N) is 2. The molecular weight excluding hydrogens is 234 g/mol. The highest BCUT2D eigenvalue weighted by molar-refractivity contribution is 5.11. The van der Waals surface area contributed by atoms with Crippen molar-refractivity contribution >= 4 is 0 Å². The van der Waals surface area contributed by atoms with Gasteiger partial charge >= 0.3 is 0 Å². The molecule has 3 aliphatic rings. The molecule has 0 spiro atoms. The van der Waals surface area contributed by atoms with Gasteiger partial charge in [-0.25, -0.2) is 0 Å². The van der Waals surface area contributed by atoms with Gasteiger partial charge in [-0.2, -0.15) is 0 Å². The third-order valence-electron chi connectivity index (χ3n) is 6.47. The zero-order valence-corrected chi connectivity index (χ0v) is 12.8. The summed E-state index contributed by atoms with van der Waals surface area (Å²) in [7, 11) is 0. The molecule has 0 radical (unpaired) electrons. The third kappa shape index (κ3) is 2.34. The van der Waals surface area contributed by atoms with Crippen molar-refractivity contribution < 1.29 is 0 Å². The molecule has 1 saturated carbocycles. The van der Waals surface area contributed by atoms with Gasteiger partial charge in [0.1, 0.15) is 0 Å². The second kappa shape index (κ2) is 5.01. The third-order valence-corrected chi connectivity index (χ3v) is 6.47. The van der Waals surface area contributed by atoms with Gasteiger partial charge in [-0.05, 0) is 57.5 Å². The first-order valence-corrected chi connectivity index (χ1v) is 8.28. The Hall–Kier alpha value is -0.120. The summed E-state index contributed by atoms with van der Waals surface area (Å²) in [5, 5.41) is 0. The smallest absolute Gasteiger partial charge is 0.0357 e. The van der Waals surface area contributed by atoms with E-state index in [-0.39, 0.29) is 5.54 Å². The molecule has 110 valence electrons. The molecule has 2 heterocycles. The van der Waals surface area contributed by atoms with E-state index in [9.17, 15) is 0 Å². The molecule has 3 heteroatoms. The van der Waals surface area contributed by atoms with E-state index < -0.39 is 0 Å². The highest BCUT2D eigenvalue weighted by Gasteiger charge is 2.56. The van der Waals surface area contributed by atoms with Crippen LogP contribution in [0.4, 0.5) is 0 Å². The average Bonchev–Trinajstić information content (AvgIpc) is 3.03. The van der Waals surface area contributed by atoms with E-state index in [0.29, 0.717) is 5.41 Å². The molecule has 0 bridgehead atoms. The van der Waals surface area contributed by atoms with Crippen molar-refractivity contribution in [3.63, 3.8) is 0 Å². The predicted octanol–water partition coefficient (Wildman–Crippen LogP) is 2.06. The maximum atomic E-state index is 6.18. The van der Waals surface area contributed by atoms with E-state index in [1.54, 1.807) is 0 Å². The van der Waals surface area contributed by atoms with Crippen molar-refractivity contribution in [2.45, 2.75) is 64.0 Å². The van der Waals surface area contributed by atoms with Gasteiger partial charge in [0.2, 0.25) is 0 Å². The number of likely N-dealkylation sites (tertiary alicyclic amines) is 2. The molecule has 2 atom stereocenters. The summed E-state index contributed by atoms with van der Waals surface area (Å²) in [5.41, 5.74) is 6.90. The minimum absolute atomic E-state index is 0.234. The summed E-state index contributed by atoms with van der Waals surface area (Å²) in [5.74, 6) is 0. The summed E-state index contributed by atoms with van der Waals surface area (Å²) in [4.78, 5) is 5.47. The van der Waals surface area contributed by atoms with Crippen LogP contribution in [0.15, 0.2) is 0 Å². The number of piperidine rings is 1. The van der Waals surface area contributed by atoms with Crippen molar-refractivity contribution in [1.82, 2.24) is 9.80 Å².